The molecule has 0 heterocycles. The summed E-state index contributed by atoms with van der Waals surface area (Å²) in [5.41, 5.74) is 2.77. The lowest BCUT2D eigenvalue weighted by Gasteiger charge is -2.21. The van der Waals surface area contributed by atoms with Crippen molar-refractivity contribution in [2.24, 2.45) is 0 Å². The number of thioether (sulfide) groups is 1. The molecule has 0 fully saturated rings. The highest BCUT2D eigenvalue weighted by Gasteiger charge is 2.13. The van der Waals surface area contributed by atoms with Crippen molar-refractivity contribution < 1.29 is 0 Å². The van der Waals surface area contributed by atoms with Crippen LogP contribution >= 0.6 is 27.7 Å². The fraction of sp³-hybridized carbons (Fsp3) is 0.333. The van der Waals surface area contributed by atoms with Gasteiger partial charge in [-0.3, -0.25) is 0 Å². The highest BCUT2D eigenvalue weighted by atomic mass is 79.9. The number of benzene rings is 2. The van der Waals surface area contributed by atoms with Gasteiger partial charge >= 0.3 is 0 Å². The number of rotatable bonds is 7. The lowest BCUT2D eigenvalue weighted by Crippen LogP contribution is -2.24. The van der Waals surface area contributed by atoms with Crippen LogP contribution in [0.15, 0.2) is 57.9 Å². The Balaban J connectivity index is 2.10. The molecule has 0 aliphatic carbocycles. The average Bonchev–Trinajstić information content (AvgIpc) is 2.50. The minimum absolute atomic E-state index is 0.392. The van der Waals surface area contributed by atoms with Crippen LogP contribution in [0.2, 0.25) is 0 Å². The van der Waals surface area contributed by atoms with Gasteiger partial charge in [0.1, 0.15) is 0 Å². The maximum atomic E-state index is 3.68. The number of nitrogens with one attached hydrogen (secondary N) is 1. The summed E-state index contributed by atoms with van der Waals surface area (Å²) >= 11 is 5.53. The predicted octanol–water partition coefficient (Wildman–Crippen LogP) is 5.59. The predicted molar refractivity (Wildman–Crippen MR) is 97.1 cm³/mol. The Kier molecular flexibility index (Phi) is 6.81. The van der Waals surface area contributed by atoms with E-state index in [0.29, 0.717) is 6.04 Å². The third kappa shape index (κ3) is 4.87. The summed E-state index contributed by atoms with van der Waals surface area (Å²) in [6.45, 7) is 5.46. The molecule has 0 amide bonds. The molecule has 0 saturated carbocycles. The van der Waals surface area contributed by atoms with Crippen LogP contribution in [0.25, 0.3) is 0 Å². The van der Waals surface area contributed by atoms with Gasteiger partial charge in [0.2, 0.25) is 0 Å². The lowest BCUT2D eigenvalue weighted by atomic mass is 10.0. The van der Waals surface area contributed by atoms with E-state index >= 15 is 0 Å². The van der Waals surface area contributed by atoms with Crippen molar-refractivity contribution >= 4 is 27.7 Å². The van der Waals surface area contributed by atoms with Crippen LogP contribution in [0.3, 0.4) is 0 Å². The molecule has 3 heteroatoms. The zero-order valence-electron chi connectivity index (χ0n) is 12.6. The van der Waals surface area contributed by atoms with Gasteiger partial charge in [-0.05, 0) is 59.1 Å². The fourth-order valence-corrected chi connectivity index (χ4v) is 3.94. The summed E-state index contributed by atoms with van der Waals surface area (Å²) in [5, 5.41) is 3.68. The molecule has 0 aliphatic heterocycles. The van der Waals surface area contributed by atoms with Crippen molar-refractivity contribution in [1.29, 1.82) is 0 Å². The molecule has 2 aromatic rings. The summed E-state index contributed by atoms with van der Waals surface area (Å²) in [6.07, 6.45) is 1.15. The van der Waals surface area contributed by atoms with Crippen LogP contribution in [0, 0.1) is 6.92 Å². The van der Waals surface area contributed by atoms with E-state index in [2.05, 4.69) is 83.6 Å². The van der Waals surface area contributed by atoms with E-state index in [0.717, 1.165) is 18.7 Å². The Morgan fingerprint density at radius 3 is 2.52 bits per heavy atom. The van der Waals surface area contributed by atoms with Crippen LogP contribution in [-0.2, 0) is 0 Å². The van der Waals surface area contributed by atoms with Crippen molar-refractivity contribution in [2.75, 3.05) is 12.3 Å². The van der Waals surface area contributed by atoms with Crippen LogP contribution in [0.4, 0.5) is 0 Å². The van der Waals surface area contributed by atoms with Crippen molar-refractivity contribution in [3.63, 3.8) is 0 Å². The number of hydrogen-bond donors (Lipinski definition) is 1. The van der Waals surface area contributed by atoms with Crippen molar-refractivity contribution in [1.82, 2.24) is 5.32 Å². The molecule has 0 aromatic heterocycles. The molecule has 0 bridgehead atoms. The molecular weight excluding hydrogens is 342 g/mol. The van der Waals surface area contributed by atoms with Gasteiger partial charge in [0.05, 0.1) is 0 Å². The average molecular weight is 364 g/mol. The van der Waals surface area contributed by atoms with Gasteiger partial charge in [-0.15, -0.1) is 11.8 Å². The standard InChI is InChI=1S/C18H22BrNS/c1-3-12-20-17(15-9-5-4-8-14(15)2)13-21-18-11-7-6-10-16(18)19/h4-11,17,20H,3,12-13H2,1-2H3. The minimum Gasteiger partial charge on any atom is -0.309 e. The zero-order valence-corrected chi connectivity index (χ0v) is 15.0. The topological polar surface area (TPSA) is 12.0 Å². The fourth-order valence-electron chi connectivity index (χ4n) is 2.29. The first-order chi connectivity index (χ1) is 10.2. The molecule has 2 aromatic carbocycles. The monoisotopic (exact) mass is 363 g/mol. The molecule has 1 nitrogen and oxygen atoms in total. The smallest absolute Gasteiger partial charge is 0.0418 e. The molecule has 0 spiro atoms. The zero-order chi connectivity index (χ0) is 15.1. The van der Waals surface area contributed by atoms with E-state index in [1.165, 1.54) is 20.5 Å². The Labute approximate surface area is 140 Å². The molecule has 0 radical (unpaired) electrons. The third-order valence-electron chi connectivity index (χ3n) is 3.45. The first kappa shape index (κ1) is 16.6. The first-order valence-corrected chi connectivity index (χ1v) is 9.16. The number of aryl methyl sites for hydroxylation is 1. The summed E-state index contributed by atoms with van der Waals surface area (Å²) in [7, 11) is 0. The Hall–Kier alpha value is -0.770. The molecular formula is C18H22BrNS. The van der Waals surface area contributed by atoms with Gasteiger partial charge in [0.25, 0.3) is 0 Å². The molecule has 0 saturated heterocycles. The first-order valence-electron chi connectivity index (χ1n) is 7.38. The molecule has 1 N–H and O–H groups in total. The molecule has 2 rings (SSSR count). The minimum atomic E-state index is 0.392. The Morgan fingerprint density at radius 2 is 1.81 bits per heavy atom. The Morgan fingerprint density at radius 1 is 1.10 bits per heavy atom. The van der Waals surface area contributed by atoms with E-state index in [1.807, 2.05) is 11.8 Å². The number of halogens is 1. The van der Waals surface area contributed by atoms with Gasteiger partial charge in [-0.25, -0.2) is 0 Å². The maximum Gasteiger partial charge on any atom is 0.0418 e. The second-order valence-corrected chi connectivity index (χ2v) is 7.02. The van der Waals surface area contributed by atoms with Gasteiger partial charge < -0.3 is 5.32 Å². The normalized spacial score (nSPS) is 12.3. The molecule has 1 atom stereocenters. The maximum absolute atomic E-state index is 3.68. The number of hydrogen-bond acceptors (Lipinski definition) is 2. The van der Waals surface area contributed by atoms with E-state index in [1.54, 1.807) is 0 Å². The molecule has 1 unspecified atom stereocenters. The van der Waals surface area contributed by atoms with Crippen molar-refractivity contribution in [2.45, 2.75) is 31.2 Å². The quantitative estimate of drug-likeness (QED) is 0.643. The van der Waals surface area contributed by atoms with Gasteiger partial charge in [-0.2, -0.15) is 0 Å². The summed E-state index contributed by atoms with van der Waals surface area (Å²) in [6, 6.07) is 17.5. The third-order valence-corrected chi connectivity index (χ3v) is 5.57. The largest absolute Gasteiger partial charge is 0.309 e. The molecule has 21 heavy (non-hydrogen) atoms. The van der Waals surface area contributed by atoms with E-state index < -0.39 is 0 Å². The van der Waals surface area contributed by atoms with Gasteiger partial charge in [0.15, 0.2) is 0 Å². The van der Waals surface area contributed by atoms with Crippen LogP contribution < -0.4 is 5.32 Å². The van der Waals surface area contributed by atoms with E-state index in [9.17, 15) is 0 Å². The summed E-state index contributed by atoms with van der Waals surface area (Å²) < 4.78 is 1.18. The summed E-state index contributed by atoms with van der Waals surface area (Å²) in [5.74, 6) is 1.04. The van der Waals surface area contributed by atoms with Crippen molar-refractivity contribution in [3.8, 4) is 0 Å². The van der Waals surface area contributed by atoms with E-state index in [4.69, 9.17) is 0 Å². The molecule has 0 aliphatic rings. The van der Waals surface area contributed by atoms with Crippen LogP contribution in [-0.4, -0.2) is 12.3 Å². The van der Waals surface area contributed by atoms with Crippen molar-refractivity contribution in [3.05, 3.63) is 64.1 Å². The highest BCUT2D eigenvalue weighted by Crippen LogP contribution is 2.31. The second-order valence-electron chi connectivity index (χ2n) is 5.10. The second kappa shape index (κ2) is 8.62. The summed E-state index contributed by atoms with van der Waals surface area (Å²) in [4.78, 5) is 1.30. The van der Waals surface area contributed by atoms with E-state index in [-0.39, 0.29) is 0 Å². The van der Waals surface area contributed by atoms with Gasteiger partial charge in [0, 0.05) is 21.2 Å². The Bertz CT molecular complexity index is 571. The molecule has 112 valence electrons. The van der Waals surface area contributed by atoms with Crippen LogP contribution in [0.5, 0.6) is 0 Å². The van der Waals surface area contributed by atoms with Crippen LogP contribution in [0.1, 0.15) is 30.5 Å². The lowest BCUT2D eigenvalue weighted by molar-refractivity contribution is 0.575. The highest BCUT2D eigenvalue weighted by molar-refractivity contribution is 9.10. The SMILES string of the molecule is CCCNC(CSc1ccccc1Br)c1ccccc1C. The van der Waals surface area contributed by atoms with Gasteiger partial charge in [-0.1, -0.05) is 43.3 Å².